The zero-order valence-electron chi connectivity index (χ0n) is 13.8. The van der Waals surface area contributed by atoms with Gasteiger partial charge in [-0.05, 0) is 42.5 Å². The van der Waals surface area contributed by atoms with E-state index in [2.05, 4.69) is 20.3 Å². The summed E-state index contributed by atoms with van der Waals surface area (Å²) in [6.07, 6.45) is 4.39. The fourth-order valence-electron chi connectivity index (χ4n) is 2.47. The van der Waals surface area contributed by atoms with E-state index in [1.165, 1.54) is 18.6 Å². The number of nitrogens with one attached hydrogen (secondary N) is 1. The Morgan fingerprint density at radius 2 is 1.96 bits per heavy atom. The van der Waals surface area contributed by atoms with Crippen LogP contribution in [-0.4, -0.2) is 28.0 Å². The zero-order valence-corrected chi connectivity index (χ0v) is 13.8. The standard InChI is InChI=1S/C19H14N4O3/c1-25-14-5-2-12(3-6-14)19-23-15-10-13(4-7-17(15)26-19)22-18(24)16-11-20-8-9-21-16/h2-11H,1H3,(H,22,24). The van der Waals surface area contributed by atoms with Crippen molar-refractivity contribution in [2.24, 2.45) is 0 Å². The molecule has 2 heterocycles. The second kappa shape index (κ2) is 6.64. The number of rotatable bonds is 4. The highest BCUT2D eigenvalue weighted by Gasteiger charge is 2.11. The highest BCUT2D eigenvalue weighted by atomic mass is 16.5. The SMILES string of the molecule is COc1ccc(-c2nc3cc(NC(=O)c4cnccn4)ccc3o2)cc1. The second-order valence-corrected chi connectivity index (χ2v) is 5.47. The quantitative estimate of drug-likeness (QED) is 0.608. The number of hydrogen-bond acceptors (Lipinski definition) is 6. The number of fused-ring (bicyclic) bond motifs is 1. The average Bonchev–Trinajstić information content (AvgIpc) is 3.12. The number of nitrogens with zero attached hydrogens (tertiary/aromatic N) is 3. The van der Waals surface area contributed by atoms with E-state index in [0.717, 1.165) is 11.3 Å². The molecule has 2 aromatic heterocycles. The number of anilines is 1. The van der Waals surface area contributed by atoms with Crippen molar-refractivity contribution in [3.63, 3.8) is 0 Å². The number of benzene rings is 2. The normalized spacial score (nSPS) is 10.7. The van der Waals surface area contributed by atoms with Crippen molar-refractivity contribution < 1.29 is 13.9 Å². The summed E-state index contributed by atoms with van der Waals surface area (Å²) in [5.41, 5.74) is 2.96. The van der Waals surface area contributed by atoms with Crippen molar-refractivity contribution in [1.29, 1.82) is 0 Å². The van der Waals surface area contributed by atoms with E-state index in [1.54, 1.807) is 25.3 Å². The molecule has 0 aliphatic rings. The lowest BCUT2D eigenvalue weighted by atomic mass is 10.2. The van der Waals surface area contributed by atoms with E-state index < -0.39 is 0 Å². The minimum atomic E-state index is -0.337. The maximum absolute atomic E-state index is 12.2. The Bertz CT molecular complexity index is 1060. The third kappa shape index (κ3) is 3.10. The van der Waals surface area contributed by atoms with Gasteiger partial charge in [0.15, 0.2) is 5.58 Å². The number of oxazole rings is 1. The minimum Gasteiger partial charge on any atom is -0.497 e. The van der Waals surface area contributed by atoms with E-state index in [0.29, 0.717) is 22.7 Å². The molecule has 7 heteroatoms. The molecule has 2 aromatic carbocycles. The molecule has 0 saturated heterocycles. The number of ether oxygens (including phenoxy) is 1. The molecule has 0 unspecified atom stereocenters. The van der Waals surface area contributed by atoms with E-state index in [-0.39, 0.29) is 11.6 Å². The molecule has 0 fully saturated rings. The van der Waals surface area contributed by atoms with Gasteiger partial charge in [0.25, 0.3) is 5.91 Å². The van der Waals surface area contributed by atoms with Gasteiger partial charge in [-0.1, -0.05) is 0 Å². The molecule has 4 aromatic rings. The van der Waals surface area contributed by atoms with Crippen molar-refractivity contribution in [2.45, 2.75) is 0 Å². The van der Waals surface area contributed by atoms with Crippen molar-refractivity contribution in [3.8, 4) is 17.2 Å². The fourth-order valence-corrected chi connectivity index (χ4v) is 2.47. The predicted octanol–water partition coefficient (Wildman–Crippen LogP) is 3.55. The summed E-state index contributed by atoms with van der Waals surface area (Å²) >= 11 is 0. The zero-order chi connectivity index (χ0) is 17.9. The van der Waals surface area contributed by atoms with Gasteiger partial charge in [0.1, 0.15) is 17.0 Å². The van der Waals surface area contributed by atoms with Crippen molar-refractivity contribution in [1.82, 2.24) is 15.0 Å². The molecule has 128 valence electrons. The van der Waals surface area contributed by atoms with Gasteiger partial charge in [-0.3, -0.25) is 9.78 Å². The van der Waals surface area contributed by atoms with Crippen LogP contribution in [0.1, 0.15) is 10.5 Å². The lowest BCUT2D eigenvalue weighted by Gasteiger charge is -2.03. The molecule has 0 atom stereocenters. The van der Waals surface area contributed by atoms with Gasteiger partial charge >= 0.3 is 0 Å². The van der Waals surface area contributed by atoms with Gasteiger partial charge in [-0.15, -0.1) is 0 Å². The molecule has 0 saturated carbocycles. The summed E-state index contributed by atoms with van der Waals surface area (Å²) in [5, 5.41) is 2.77. The van der Waals surface area contributed by atoms with Gasteiger partial charge in [0, 0.05) is 23.6 Å². The highest BCUT2D eigenvalue weighted by Crippen LogP contribution is 2.27. The largest absolute Gasteiger partial charge is 0.497 e. The Kier molecular flexibility index (Phi) is 4.03. The number of aromatic nitrogens is 3. The van der Waals surface area contributed by atoms with E-state index in [4.69, 9.17) is 9.15 Å². The van der Waals surface area contributed by atoms with Crippen LogP contribution in [0, 0.1) is 0 Å². The molecule has 0 spiro atoms. The number of amides is 1. The molecule has 0 aliphatic heterocycles. The summed E-state index contributed by atoms with van der Waals surface area (Å²) in [6.45, 7) is 0. The Morgan fingerprint density at radius 3 is 2.69 bits per heavy atom. The molecule has 0 bridgehead atoms. The molecule has 1 N–H and O–H groups in total. The lowest BCUT2D eigenvalue weighted by molar-refractivity contribution is 0.102. The summed E-state index contributed by atoms with van der Waals surface area (Å²) in [7, 11) is 1.62. The van der Waals surface area contributed by atoms with Crippen LogP contribution in [0.2, 0.25) is 0 Å². The topological polar surface area (TPSA) is 90.1 Å². The van der Waals surface area contributed by atoms with Crippen LogP contribution in [0.15, 0.2) is 65.5 Å². The minimum absolute atomic E-state index is 0.242. The first-order valence-corrected chi connectivity index (χ1v) is 7.85. The predicted molar refractivity (Wildman–Crippen MR) is 96.0 cm³/mol. The Morgan fingerprint density at radius 1 is 1.12 bits per heavy atom. The van der Waals surface area contributed by atoms with E-state index in [9.17, 15) is 4.79 Å². The molecule has 0 aliphatic carbocycles. The number of methoxy groups -OCH3 is 1. The Hall–Kier alpha value is -3.74. The Labute approximate surface area is 148 Å². The van der Waals surface area contributed by atoms with Gasteiger partial charge in [0.2, 0.25) is 5.89 Å². The van der Waals surface area contributed by atoms with Crippen molar-refractivity contribution in [3.05, 3.63) is 66.7 Å². The summed E-state index contributed by atoms with van der Waals surface area (Å²) < 4.78 is 10.9. The lowest BCUT2D eigenvalue weighted by Crippen LogP contribution is -2.13. The summed E-state index contributed by atoms with van der Waals surface area (Å²) in [4.78, 5) is 24.5. The number of carbonyl (C=O) groups is 1. The van der Waals surface area contributed by atoms with E-state index >= 15 is 0 Å². The second-order valence-electron chi connectivity index (χ2n) is 5.47. The number of carbonyl (C=O) groups excluding carboxylic acids is 1. The molecule has 26 heavy (non-hydrogen) atoms. The van der Waals surface area contributed by atoms with Gasteiger partial charge < -0.3 is 14.5 Å². The summed E-state index contributed by atoms with van der Waals surface area (Å²) in [6, 6.07) is 12.7. The van der Waals surface area contributed by atoms with Gasteiger partial charge in [-0.2, -0.15) is 0 Å². The third-order valence-electron chi connectivity index (χ3n) is 3.78. The smallest absolute Gasteiger partial charge is 0.275 e. The monoisotopic (exact) mass is 346 g/mol. The maximum atomic E-state index is 12.2. The first-order chi connectivity index (χ1) is 12.7. The first-order valence-electron chi connectivity index (χ1n) is 7.85. The molecule has 4 rings (SSSR count). The maximum Gasteiger partial charge on any atom is 0.275 e. The third-order valence-corrected chi connectivity index (χ3v) is 3.78. The van der Waals surface area contributed by atoms with Crippen LogP contribution in [0.5, 0.6) is 5.75 Å². The summed E-state index contributed by atoms with van der Waals surface area (Å²) in [5.74, 6) is 0.926. The molecular formula is C19H14N4O3. The molecule has 1 amide bonds. The highest BCUT2D eigenvalue weighted by molar-refractivity contribution is 6.03. The van der Waals surface area contributed by atoms with Crippen LogP contribution >= 0.6 is 0 Å². The number of hydrogen-bond donors (Lipinski definition) is 1. The Balaban J connectivity index is 1.60. The average molecular weight is 346 g/mol. The van der Waals surface area contributed by atoms with Crippen LogP contribution in [0.25, 0.3) is 22.6 Å². The van der Waals surface area contributed by atoms with Crippen LogP contribution < -0.4 is 10.1 Å². The van der Waals surface area contributed by atoms with Crippen LogP contribution in [0.3, 0.4) is 0 Å². The van der Waals surface area contributed by atoms with Gasteiger partial charge in [0.05, 0.1) is 13.3 Å². The van der Waals surface area contributed by atoms with Crippen LogP contribution in [0.4, 0.5) is 5.69 Å². The van der Waals surface area contributed by atoms with Crippen molar-refractivity contribution in [2.75, 3.05) is 12.4 Å². The van der Waals surface area contributed by atoms with Crippen molar-refractivity contribution >= 4 is 22.7 Å². The van der Waals surface area contributed by atoms with E-state index in [1.807, 2.05) is 24.3 Å². The van der Waals surface area contributed by atoms with Gasteiger partial charge in [-0.25, -0.2) is 9.97 Å². The molecule has 7 nitrogen and oxygen atoms in total. The fraction of sp³-hybridized carbons (Fsp3) is 0.0526. The molecule has 0 radical (unpaired) electrons. The first kappa shape index (κ1) is 15.8. The van der Waals surface area contributed by atoms with Crippen LogP contribution in [-0.2, 0) is 0 Å². The molecular weight excluding hydrogens is 332 g/mol.